The Kier molecular flexibility index (Phi) is 4.52. The second-order valence-electron chi connectivity index (χ2n) is 3.47. The molecule has 0 fully saturated rings. The molecular formula is C11H13F2NO2. The van der Waals surface area contributed by atoms with Gasteiger partial charge in [0.1, 0.15) is 0 Å². The molecule has 0 aliphatic rings. The molecule has 0 radical (unpaired) electrons. The Morgan fingerprint density at radius 3 is 2.69 bits per heavy atom. The maximum Gasteiger partial charge on any atom is 0.164 e. The summed E-state index contributed by atoms with van der Waals surface area (Å²) in [4.78, 5) is 11.6. The number of hydrogen-bond acceptors (Lipinski definition) is 3. The average Bonchev–Trinajstić information content (AvgIpc) is 2.22. The van der Waals surface area contributed by atoms with Crippen LogP contribution in [0.2, 0.25) is 0 Å². The highest BCUT2D eigenvalue weighted by Gasteiger charge is 2.13. The lowest BCUT2D eigenvalue weighted by Gasteiger charge is -2.09. The standard InChI is InChI=1S/C11H13F2NO2/c1-16-6-8(14)5-11(15)7-2-3-9(12)10(13)4-7/h2-4,8H,5-6,14H2,1H3. The molecule has 2 N–H and O–H groups in total. The summed E-state index contributed by atoms with van der Waals surface area (Å²) in [6.07, 6.45) is 0.0406. The second kappa shape index (κ2) is 5.67. The van der Waals surface area contributed by atoms with Crippen molar-refractivity contribution in [2.75, 3.05) is 13.7 Å². The van der Waals surface area contributed by atoms with Crippen LogP contribution in [0.15, 0.2) is 18.2 Å². The zero-order chi connectivity index (χ0) is 12.1. The normalized spacial score (nSPS) is 12.5. The highest BCUT2D eigenvalue weighted by atomic mass is 19.2. The Labute approximate surface area is 92.2 Å². The fourth-order valence-corrected chi connectivity index (χ4v) is 1.30. The van der Waals surface area contributed by atoms with Gasteiger partial charge in [0.15, 0.2) is 17.4 Å². The Balaban J connectivity index is 2.69. The van der Waals surface area contributed by atoms with Gasteiger partial charge < -0.3 is 10.5 Å². The van der Waals surface area contributed by atoms with Crippen LogP contribution in [0, 0.1) is 11.6 Å². The molecule has 1 aromatic rings. The van der Waals surface area contributed by atoms with Crippen molar-refractivity contribution in [2.24, 2.45) is 5.73 Å². The molecule has 5 heteroatoms. The first-order valence-electron chi connectivity index (χ1n) is 4.77. The average molecular weight is 229 g/mol. The number of carbonyl (C=O) groups is 1. The van der Waals surface area contributed by atoms with Gasteiger partial charge in [-0.25, -0.2) is 8.78 Å². The Morgan fingerprint density at radius 1 is 1.44 bits per heavy atom. The van der Waals surface area contributed by atoms with Crippen molar-refractivity contribution in [2.45, 2.75) is 12.5 Å². The molecule has 1 aromatic carbocycles. The third-order valence-corrected chi connectivity index (χ3v) is 2.07. The number of benzene rings is 1. The SMILES string of the molecule is COCC(N)CC(=O)c1ccc(F)c(F)c1. The van der Waals surface area contributed by atoms with Crippen molar-refractivity contribution < 1.29 is 18.3 Å². The van der Waals surface area contributed by atoms with Crippen LogP contribution in [0.5, 0.6) is 0 Å². The van der Waals surface area contributed by atoms with Gasteiger partial charge in [-0.1, -0.05) is 0 Å². The van der Waals surface area contributed by atoms with E-state index in [1.54, 1.807) is 0 Å². The third-order valence-electron chi connectivity index (χ3n) is 2.07. The monoisotopic (exact) mass is 229 g/mol. The van der Waals surface area contributed by atoms with Crippen LogP contribution in [0.4, 0.5) is 8.78 Å². The molecule has 1 unspecified atom stereocenters. The minimum Gasteiger partial charge on any atom is -0.383 e. The van der Waals surface area contributed by atoms with Crippen molar-refractivity contribution in [1.82, 2.24) is 0 Å². The fourth-order valence-electron chi connectivity index (χ4n) is 1.30. The fraction of sp³-hybridized carbons (Fsp3) is 0.364. The Hall–Kier alpha value is -1.33. The van der Waals surface area contributed by atoms with Crippen LogP contribution in [0.1, 0.15) is 16.8 Å². The molecule has 0 saturated heterocycles. The Morgan fingerprint density at radius 2 is 2.12 bits per heavy atom. The largest absolute Gasteiger partial charge is 0.383 e. The number of carbonyl (C=O) groups excluding carboxylic acids is 1. The van der Waals surface area contributed by atoms with E-state index < -0.39 is 17.7 Å². The number of hydrogen-bond donors (Lipinski definition) is 1. The van der Waals surface area contributed by atoms with E-state index in [2.05, 4.69) is 0 Å². The molecule has 0 heterocycles. The summed E-state index contributed by atoms with van der Waals surface area (Å²) in [7, 11) is 1.47. The third kappa shape index (κ3) is 3.36. The van der Waals surface area contributed by atoms with E-state index >= 15 is 0 Å². The predicted octanol–water partition coefficient (Wildman–Crippen LogP) is 1.51. The molecular weight excluding hydrogens is 216 g/mol. The van der Waals surface area contributed by atoms with Crippen molar-refractivity contribution in [3.05, 3.63) is 35.4 Å². The van der Waals surface area contributed by atoms with E-state index in [9.17, 15) is 13.6 Å². The van der Waals surface area contributed by atoms with E-state index in [1.165, 1.54) is 13.2 Å². The second-order valence-corrected chi connectivity index (χ2v) is 3.47. The highest BCUT2D eigenvalue weighted by Crippen LogP contribution is 2.11. The lowest BCUT2D eigenvalue weighted by atomic mass is 10.0. The predicted molar refractivity (Wildman–Crippen MR) is 55.2 cm³/mol. The van der Waals surface area contributed by atoms with Crippen molar-refractivity contribution in [3.8, 4) is 0 Å². The first-order valence-corrected chi connectivity index (χ1v) is 4.77. The molecule has 0 aliphatic heterocycles. The maximum atomic E-state index is 12.8. The first kappa shape index (κ1) is 12.7. The molecule has 1 rings (SSSR count). The van der Waals surface area contributed by atoms with Crippen LogP contribution in [0.25, 0.3) is 0 Å². The van der Waals surface area contributed by atoms with Crippen molar-refractivity contribution in [1.29, 1.82) is 0 Å². The Bertz CT molecular complexity index is 382. The number of Topliss-reactive ketones (excluding diaryl/α,β-unsaturated/α-hetero) is 1. The topological polar surface area (TPSA) is 52.3 Å². The summed E-state index contributed by atoms with van der Waals surface area (Å²) in [6, 6.07) is 2.59. The molecule has 0 aromatic heterocycles. The van der Waals surface area contributed by atoms with Crippen molar-refractivity contribution in [3.63, 3.8) is 0 Å². The molecule has 3 nitrogen and oxygen atoms in total. The van der Waals surface area contributed by atoms with Gasteiger partial charge in [-0.15, -0.1) is 0 Å². The smallest absolute Gasteiger partial charge is 0.164 e. The van der Waals surface area contributed by atoms with Gasteiger partial charge in [0, 0.05) is 25.1 Å². The van der Waals surface area contributed by atoms with Crippen molar-refractivity contribution >= 4 is 5.78 Å². The van der Waals surface area contributed by atoms with E-state index in [4.69, 9.17) is 10.5 Å². The number of rotatable bonds is 5. The van der Waals surface area contributed by atoms with Crippen LogP contribution in [0.3, 0.4) is 0 Å². The summed E-state index contributed by atoms with van der Waals surface area (Å²) in [5.74, 6) is -2.34. The summed E-state index contributed by atoms with van der Waals surface area (Å²) < 4.78 is 30.2. The number of methoxy groups -OCH3 is 1. The quantitative estimate of drug-likeness (QED) is 0.779. The number of halogens is 2. The molecule has 0 bridgehead atoms. The van der Waals surface area contributed by atoms with Gasteiger partial charge in [-0.2, -0.15) is 0 Å². The molecule has 1 atom stereocenters. The van der Waals surface area contributed by atoms with E-state index in [0.29, 0.717) is 0 Å². The lowest BCUT2D eigenvalue weighted by Crippen LogP contribution is -2.28. The van der Waals surface area contributed by atoms with Gasteiger partial charge in [0.2, 0.25) is 0 Å². The first-order chi connectivity index (χ1) is 7.54. The minimum atomic E-state index is -1.04. The van der Waals surface area contributed by atoms with Crippen LogP contribution >= 0.6 is 0 Å². The summed E-state index contributed by atoms with van der Waals surface area (Å²) >= 11 is 0. The van der Waals surface area contributed by atoms with Crippen LogP contribution < -0.4 is 5.73 Å². The summed E-state index contributed by atoms with van der Waals surface area (Å²) in [6.45, 7) is 0.245. The number of ether oxygens (including phenoxy) is 1. The zero-order valence-corrected chi connectivity index (χ0v) is 8.87. The summed E-state index contributed by atoms with van der Waals surface area (Å²) in [5, 5.41) is 0. The molecule has 0 amide bonds. The molecule has 88 valence electrons. The number of ketones is 1. The van der Waals surface area contributed by atoms with Crippen LogP contribution in [-0.2, 0) is 4.74 Å². The molecule has 0 spiro atoms. The van der Waals surface area contributed by atoms with Gasteiger partial charge in [-0.05, 0) is 18.2 Å². The number of nitrogens with two attached hydrogens (primary N) is 1. The molecule has 0 aliphatic carbocycles. The maximum absolute atomic E-state index is 12.8. The molecule has 0 saturated carbocycles. The van der Waals surface area contributed by atoms with Gasteiger partial charge in [0.05, 0.1) is 6.61 Å². The zero-order valence-electron chi connectivity index (χ0n) is 8.87. The minimum absolute atomic E-state index is 0.0406. The lowest BCUT2D eigenvalue weighted by molar-refractivity contribution is 0.0948. The van der Waals surface area contributed by atoms with Gasteiger partial charge in [-0.3, -0.25) is 4.79 Å². The van der Waals surface area contributed by atoms with Crippen LogP contribution in [-0.4, -0.2) is 25.5 Å². The molecule has 16 heavy (non-hydrogen) atoms. The summed E-state index contributed by atoms with van der Waals surface area (Å²) in [5.41, 5.74) is 5.69. The highest BCUT2D eigenvalue weighted by molar-refractivity contribution is 5.96. The van der Waals surface area contributed by atoms with E-state index in [1.807, 2.05) is 0 Å². The van der Waals surface area contributed by atoms with Gasteiger partial charge >= 0.3 is 0 Å². The van der Waals surface area contributed by atoms with E-state index in [0.717, 1.165) is 12.1 Å². The van der Waals surface area contributed by atoms with Gasteiger partial charge in [0.25, 0.3) is 0 Å². The van der Waals surface area contributed by atoms with E-state index in [-0.39, 0.29) is 24.4 Å².